The minimum atomic E-state index is -1.07. The molecule has 0 fully saturated rings. The van der Waals surface area contributed by atoms with E-state index in [1.165, 1.54) is 40.0 Å². The number of aliphatic hydroxyl groups excluding tert-OH is 1. The molecule has 1 N–H and O–H groups in total. The van der Waals surface area contributed by atoms with Gasteiger partial charge in [-0.3, -0.25) is 19.5 Å². The molecule has 164 valence electrons. The van der Waals surface area contributed by atoms with Crippen LogP contribution in [0.5, 0.6) is 5.75 Å². The van der Waals surface area contributed by atoms with E-state index in [1.807, 2.05) is 0 Å². The third-order valence-electron chi connectivity index (χ3n) is 4.61. The Bertz CT molecular complexity index is 1350. The SMILES string of the molecule is O=c1c2cnn(-c3ccccc3[N+](=O)[O-])c2ncn1CC(O)COc1c(Cl)cccc1Cl. The van der Waals surface area contributed by atoms with Gasteiger partial charge in [-0.2, -0.15) is 5.10 Å². The van der Waals surface area contributed by atoms with Gasteiger partial charge in [-0.15, -0.1) is 0 Å². The minimum Gasteiger partial charge on any atom is -0.488 e. The number of nitro groups is 1. The maximum Gasteiger partial charge on any atom is 0.294 e. The van der Waals surface area contributed by atoms with Crippen LogP contribution in [0.1, 0.15) is 0 Å². The molecule has 32 heavy (non-hydrogen) atoms. The number of hydrogen-bond acceptors (Lipinski definition) is 7. The number of hydrogen-bond donors (Lipinski definition) is 1. The highest BCUT2D eigenvalue weighted by molar-refractivity contribution is 6.37. The van der Waals surface area contributed by atoms with Crippen LogP contribution in [0.2, 0.25) is 10.0 Å². The Labute approximate surface area is 190 Å². The quantitative estimate of drug-likeness (QED) is 0.321. The molecule has 4 aromatic rings. The molecule has 2 aromatic carbocycles. The topological polar surface area (TPSA) is 125 Å². The molecule has 0 aliphatic carbocycles. The second-order valence-corrected chi connectivity index (χ2v) is 7.57. The Balaban J connectivity index is 1.58. The molecule has 4 rings (SSSR count). The molecule has 0 radical (unpaired) electrons. The van der Waals surface area contributed by atoms with E-state index in [2.05, 4.69) is 10.1 Å². The van der Waals surface area contributed by atoms with E-state index in [-0.39, 0.29) is 41.3 Å². The molecule has 0 aliphatic rings. The van der Waals surface area contributed by atoms with Crippen molar-refractivity contribution < 1.29 is 14.8 Å². The number of ether oxygens (including phenoxy) is 1. The van der Waals surface area contributed by atoms with E-state index in [0.29, 0.717) is 10.0 Å². The lowest BCUT2D eigenvalue weighted by atomic mass is 10.2. The largest absolute Gasteiger partial charge is 0.488 e. The zero-order valence-corrected chi connectivity index (χ0v) is 17.8. The summed E-state index contributed by atoms with van der Waals surface area (Å²) in [7, 11) is 0. The Kier molecular flexibility index (Phi) is 6.08. The average molecular weight is 476 g/mol. The molecular weight excluding hydrogens is 461 g/mol. The van der Waals surface area contributed by atoms with Gasteiger partial charge in [0.1, 0.15) is 30.1 Å². The highest BCUT2D eigenvalue weighted by Crippen LogP contribution is 2.32. The van der Waals surface area contributed by atoms with E-state index in [4.69, 9.17) is 27.9 Å². The molecular formula is C20H15Cl2N5O5. The van der Waals surface area contributed by atoms with Crippen molar-refractivity contribution in [2.75, 3.05) is 6.61 Å². The monoisotopic (exact) mass is 475 g/mol. The first kappa shape index (κ1) is 21.8. The molecule has 0 saturated heterocycles. The Morgan fingerprint density at radius 2 is 1.88 bits per heavy atom. The van der Waals surface area contributed by atoms with Gasteiger partial charge in [-0.05, 0) is 18.2 Å². The smallest absolute Gasteiger partial charge is 0.294 e. The summed E-state index contributed by atoms with van der Waals surface area (Å²) in [5.41, 5.74) is -0.291. The molecule has 0 bridgehead atoms. The summed E-state index contributed by atoms with van der Waals surface area (Å²) in [6, 6.07) is 10.9. The first-order valence-electron chi connectivity index (χ1n) is 9.28. The van der Waals surface area contributed by atoms with Crippen molar-refractivity contribution in [2.24, 2.45) is 0 Å². The van der Waals surface area contributed by atoms with E-state index in [0.717, 1.165) is 0 Å². The van der Waals surface area contributed by atoms with Gasteiger partial charge in [0, 0.05) is 6.07 Å². The fraction of sp³-hybridized carbons (Fsp3) is 0.150. The molecule has 10 nitrogen and oxygen atoms in total. The second kappa shape index (κ2) is 8.95. The van der Waals surface area contributed by atoms with Crippen LogP contribution < -0.4 is 10.3 Å². The number of aliphatic hydroxyl groups is 1. The average Bonchev–Trinajstić information content (AvgIpc) is 3.20. The second-order valence-electron chi connectivity index (χ2n) is 6.76. The van der Waals surface area contributed by atoms with E-state index < -0.39 is 16.6 Å². The highest BCUT2D eigenvalue weighted by atomic mass is 35.5. The van der Waals surface area contributed by atoms with Crippen LogP contribution in [0, 0.1) is 10.1 Å². The number of aromatic nitrogens is 4. The Morgan fingerprint density at radius 3 is 2.59 bits per heavy atom. The molecule has 0 amide bonds. The van der Waals surface area contributed by atoms with Gasteiger partial charge in [0.15, 0.2) is 11.4 Å². The molecule has 2 heterocycles. The van der Waals surface area contributed by atoms with Gasteiger partial charge in [-0.1, -0.05) is 41.4 Å². The van der Waals surface area contributed by atoms with Gasteiger partial charge in [0.05, 0.1) is 27.7 Å². The highest BCUT2D eigenvalue weighted by Gasteiger charge is 2.20. The van der Waals surface area contributed by atoms with Gasteiger partial charge < -0.3 is 9.84 Å². The van der Waals surface area contributed by atoms with Crippen LogP contribution in [-0.2, 0) is 6.54 Å². The first-order chi connectivity index (χ1) is 15.4. The van der Waals surface area contributed by atoms with Crippen molar-refractivity contribution >= 4 is 39.9 Å². The fourth-order valence-corrected chi connectivity index (χ4v) is 3.64. The maximum atomic E-state index is 12.9. The number of rotatable bonds is 7. The molecule has 0 saturated carbocycles. The summed E-state index contributed by atoms with van der Waals surface area (Å²) < 4.78 is 7.94. The van der Waals surface area contributed by atoms with E-state index in [1.54, 1.807) is 24.3 Å². The summed E-state index contributed by atoms with van der Waals surface area (Å²) in [6.45, 7) is -0.274. The van der Waals surface area contributed by atoms with Crippen LogP contribution in [0.15, 0.2) is 59.8 Å². The van der Waals surface area contributed by atoms with E-state index in [9.17, 15) is 20.0 Å². The zero-order chi connectivity index (χ0) is 22.8. The summed E-state index contributed by atoms with van der Waals surface area (Å²) >= 11 is 12.1. The van der Waals surface area contributed by atoms with Crippen LogP contribution >= 0.6 is 23.2 Å². The zero-order valence-electron chi connectivity index (χ0n) is 16.3. The minimum absolute atomic E-state index is 0.111. The van der Waals surface area contributed by atoms with Crippen LogP contribution in [-0.4, -0.2) is 42.1 Å². The Hall–Kier alpha value is -3.47. The first-order valence-corrected chi connectivity index (χ1v) is 10.0. The maximum absolute atomic E-state index is 12.9. The molecule has 1 atom stereocenters. The fourth-order valence-electron chi connectivity index (χ4n) is 3.13. The van der Waals surface area contributed by atoms with Crippen molar-refractivity contribution in [3.8, 4) is 11.4 Å². The molecule has 2 aromatic heterocycles. The van der Waals surface area contributed by atoms with Crippen LogP contribution in [0.25, 0.3) is 16.7 Å². The van der Waals surface area contributed by atoms with Crippen molar-refractivity contribution in [1.29, 1.82) is 0 Å². The number of halogens is 2. The van der Waals surface area contributed by atoms with Crippen molar-refractivity contribution in [2.45, 2.75) is 12.6 Å². The third-order valence-corrected chi connectivity index (χ3v) is 5.20. The van der Waals surface area contributed by atoms with Gasteiger partial charge in [-0.25, -0.2) is 9.67 Å². The van der Waals surface area contributed by atoms with Crippen molar-refractivity contribution in [1.82, 2.24) is 19.3 Å². The van der Waals surface area contributed by atoms with Crippen LogP contribution in [0.4, 0.5) is 5.69 Å². The summed E-state index contributed by atoms with van der Waals surface area (Å²) in [5.74, 6) is 0.238. The van der Waals surface area contributed by atoms with Crippen molar-refractivity contribution in [3.05, 3.63) is 85.5 Å². The number of para-hydroxylation sites is 3. The lowest BCUT2D eigenvalue weighted by molar-refractivity contribution is -0.384. The predicted molar refractivity (Wildman–Crippen MR) is 118 cm³/mol. The van der Waals surface area contributed by atoms with Gasteiger partial charge in [0.2, 0.25) is 0 Å². The number of nitro benzene ring substituents is 1. The lowest BCUT2D eigenvalue weighted by Gasteiger charge is -2.15. The summed E-state index contributed by atoms with van der Waals surface area (Å²) in [6.07, 6.45) is 1.46. The number of benzene rings is 2. The van der Waals surface area contributed by atoms with E-state index >= 15 is 0 Å². The molecule has 1 unspecified atom stereocenters. The molecule has 12 heteroatoms. The normalized spacial score (nSPS) is 12.1. The standard InChI is InChI=1S/C20H15Cl2N5O5/c21-14-4-3-5-15(22)18(14)32-10-12(28)9-25-11-23-19-13(20(25)29)8-24-26(19)16-6-1-2-7-17(16)27(30)31/h1-8,11-12,28H,9-10H2. The van der Waals surface area contributed by atoms with Gasteiger partial charge in [0.25, 0.3) is 11.2 Å². The third kappa shape index (κ3) is 4.15. The Morgan fingerprint density at radius 1 is 1.16 bits per heavy atom. The number of nitrogens with zero attached hydrogens (tertiary/aromatic N) is 5. The molecule has 0 spiro atoms. The number of fused-ring (bicyclic) bond motifs is 1. The molecule has 0 aliphatic heterocycles. The van der Waals surface area contributed by atoms with Crippen molar-refractivity contribution in [3.63, 3.8) is 0 Å². The summed E-state index contributed by atoms with van der Waals surface area (Å²) in [5, 5.41) is 26.5. The lowest BCUT2D eigenvalue weighted by Crippen LogP contribution is -2.30. The predicted octanol–water partition coefficient (Wildman–Crippen LogP) is 3.24. The van der Waals surface area contributed by atoms with Gasteiger partial charge >= 0.3 is 0 Å². The van der Waals surface area contributed by atoms with Crippen LogP contribution in [0.3, 0.4) is 0 Å². The summed E-state index contributed by atoms with van der Waals surface area (Å²) in [4.78, 5) is 27.9.